The number of esters is 1. The number of anilines is 1. The van der Waals surface area contributed by atoms with Crippen LogP contribution in [-0.4, -0.2) is 38.5 Å². The second kappa shape index (κ2) is 7.83. The van der Waals surface area contributed by atoms with E-state index >= 15 is 0 Å². The van der Waals surface area contributed by atoms with Gasteiger partial charge in [0.2, 0.25) is 0 Å². The summed E-state index contributed by atoms with van der Waals surface area (Å²) in [5, 5.41) is 7.38. The van der Waals surface area contributed by atoms with Crippen LogP contribution in [0, 0.1) is 13.8 Å². The summed E-state index contributed by atoms with van der Waals surface area (Å²) >= 11 is 1.12. The standard InChI is InChI=1S/C18H20N4O4S/c1-10-16(11(2)22(4)21-10)20-17(24)12(3)25-15(23)9-27-18-19-13-7-5-6-8-14(13)26-18/h5-8,12H,9H2,1-4H3,(H,20,24)/t12-/m1/s1. The average Bonchev–Trinajstić information content (AvgIpc) is 3.15. The van der Waals surface area contributed by atoms with Gasteiger partial charge in [0.05, 0.1) is 17.1 Å². The second-order valence-electron chi connectivity index (χ2n) is 6.03. The fourth-order valence-electron chi connectivity index (χ4n) is 2.50. The Morgan fingerprint density at radius 1 is 1.33 bits per heavy atom. The quantitative estimate of drug-likeness (QED) is 0.512. The zero-order valence-electron chi connectivity index (χ0n) is 15.5. The minimum atomic E-state index is -0.930. The monoisotopic (exact) mass is 388 g/mol. The van der Waals surface area contributed by atoms with Crippen molar-refractivity contribution in [2.75, 3.05) is 11.1 Å². The first-order valence-electron chi connectivity index (χ1n) is 8.34. The molecule has 2 aromatic heterocycles. The number of thioether (sulfide) groups is 1. The van der Waals surface area contributed by atoms with Gasteiger partial charge in [-0.2, -0.15) is 5.10 Å². The highest BCUT2D eigenvalue weighted by Gasteiger charge is 2.21. The molecule has 3 rings (SSSR count). The van der Waals surface area contributed by atoms with Crippen molar-refractivity contribution >= 4 is 40.4 Å². The molecule has 8 nitrogen and oxygen atoms in total. The smallest absolute Gasteiger partial charge is 0.317 e. The van der Waals surface area contributed by atoms with Crippen molar-refractivity contribution in [1.82, 2.24) is 14.8 Å². The average molecular weight is 388 g/mol. The highest BCUT2D eigenvalue weighted by atomic mass is 32.2. The number of hydrogen-bond acceptors (Lipinski definition) is 7. The number of amides is 1. The number of nitrogens with one attached hydrogen (secondary N) is 1. The Hall–Kier alpha value is -2.81. The first-order valence-corrected chi connectivity index (χ1v) is 9.32. The number of ether oxygens (including phenoxy) is 1. The van der Waals surface area contributed by atoms with E-state index in [0.29, 0.717) is 22.2 Å². The number of para-hydroxylation sites is 2. The van der Waals surface area contributed by atoms with E-state index in [1.807, 2.05) is 25.1 Å². The van der Waals surface area contributed by atoms with Gasteiger partial charge in [0.1, 0.15) is 11.3 Å². The number of fused-ring (bicyclic) bond motifs is 1. The molecule has 3 aromatic rings. The van der Waals surface area contributed by atoms with Gasteiger partial charge in [0.15, 0.2) is 11.7 Å². The highest BCUT2D eigenvalue weighted by molar-refractivity contribution is 7.99. The predicted octanol–water partition coefficient (Wildman–Crippen LogP) is 2.84. The van der Waals surface area contributed by atoms with Gasteiger partial charge in [-0.3, -0.25) is 14.3 Å². The number of rotatable bonds is 6. The van der Waals surface area contributed by atoms with Crippen molar-refractivity contribution in [2.45, 2.75) is 32.1 Å². The van der Waals surface area contributed by atoms with Gasteiger partial charge in [-0.25, -0.2) is 4.98 Å². The Labute approximate surface area is 160 Å². The molecule has 9 heteroatoms. The van der Waals surface area contributed by atoms with Crippen molar-refractivity contribution in [2.24, 2.45) is 7.05 Å². The number of benzene rings is 1. The minimum Gasteiger partial charge on any atom is -0.452 e. The number of nitrogens with zero attached hydrogens (tertiary/aromatic N) is 3. The van der Waals surface area contributed by atoms with Crippen LogP contribution in [0.5, 0.6) is 0 Å². The number of hydrogen-bond donors (Lipinski definition) is 1. The minimum absolute atomic E-state index is 0.00457. The van der Waals surface area contributed by atoms with E-state index in [9.17, 15) is 9.59 Å². The molecule has 0 radical (unpaired) electrons. The van der Waals surface area contributed by atoms with Gasteiger partial charge in [0.25, 0.3) is 11.1 Å². The lowest BCUT2D eigenvalue weighted by atomic mass is 10.3. The summed E-state index contributed by atoms with van der Waals surface area (Å²) in [5.41, 5.74) is 3.54. The normalized spacial score (nSPS) is 12.1. The van der Waals surface area contributed by atoms with Crippen molar-refractivity contribution < 1.29 is 18.7 Å². The first-order chi connectivity index (χ1) is 12.8. The van der Waals surface area contributed by atoms with Gasteiger partial charge in [0, 0.05) is 7.05 Å². The summed E-state index contributed by atoms with van der Waals surface area (Å²) in [6, 6.07) is 7.34. The summed E-state index contributed by atoms with van der Waals surface area (Å²) < 4.78 is 12.4. The SMILES string of the molecule is Cc1nn(C)c(C)c1NC(=O)[C@@H](C)OC(=O)CSc1nc2ccccc2o1. The second-order valence-corrected chi connectivity index (χ2v) is 6.95. The van der Waals surface area contributed by atoms with Crippen molar-refractivity contribution in [1.29, 1.82) is 0 Å². The first kappa shape index (κ1) is 19.0. The molecule has 0 aliphatic carbocycles. The molecule has 27 heavy (non-hydrogen) atoms. The van der Waals surface area contributed by atoms with Gasteiger partial charge in [-0.15, -0.1) is 0 Å². The number of oxazole rings is 1. The van der Waals surface area contributed by atoms with Gasteiger partial charge in [-0.05, 0) is 32.9 Å². The lowest BCUT2D eigenvalue weighted by molar-refractivity contribution is -0.150. The molecule has 0 aliphatic heterocycles. The molecule has 0 bridgehead atoms. The van der Waals surface area contributed by atoms with E-state index in [-0.39, 0.29) is 5.75 Å². The molecular formula is C18H20N4O4S. The topological polar surface area (TPSA) is 99.2 Å². The molecule has 1 aromatic carbocycles. The molecule has 0 saturated heterocycles. The summed E-state index contributed by atoms with van der Waals surface area (Å²) in [7, 11) is 1.80. The summed E-state index contributed by atoms with van der Waals surface area (Å²) in [5.74, 6) is -0.936. The molecule has 142 valence electrons. The Balaban J connectivity index is 1.52. The van der Waals surface area contributed by atoms with Crippen LogP contribution < -0.4 is 5.32 Å². The lowest BCUT2D eigenvalue weighted by Crippen LogP contribution is -2.30. The van der Waals surface area contributed by atoms with Crippen molar-refractivity contribution in [3.63, 3.8) is 0 Å². The molecule has 1 N–H and O–H groups in total. The van der Waals surface area contributed by atoms with Crippen LogP contribution in [0.1, 0.15) is 18.3 Å². The van der Waals surface area contributed by atoms with Crippen LogP contribution in [0.3, 0.4) is 0 Å². The van der Waals surface area contributed by atoms with Crippen LogP contribution >= 0.6 is 11.8 Å². The molecule has 2 heterocycles. The van der Waals surface area contributed by atoms with E-state index in [2.05, 4.69) is 15.4 Å². The van der Waals surface area contributed by atoms with Crippen LogP contribution in [-0.2, 0) is 21.4 Å². The Kier molecular flexibility index (Phi) is 5.50. The van der Waals surface area contributed by atoms with E-state index in [1.54, 1.807) is 24.7 Å². The number of aryl methyl sites for hydroxylation is 2. The lowest BCUT2D eigenvalue weighted by Gasteiger charge is -2.13. The molecular weight excluding hydrogens is 368 g/mol. The van der Waals surface area contributed by atoms with E-state index in [4.69, 9.17) is 9.15 Å². The fourth-order valence-corrected chi connectivity index (χ4v) is 3.12. The predicted molar refractivity (Wildman–Crippen MR) is 102 cm³/mol. The van der Waals surface area contributed by atoms with Crippen LogP contribution in [0.15, 0.2) is 33.9 Å². The van der Waals surface area contributed by atoms with Gasteiger partial charge in [-0.1, -0.05) is 23.9 Å². The summed E-state index contributed by atoms with van der Waals surface area (Å²) in [4.78, 5) is 28.6. The molecule has 0 fully saturated rings. The van der Waals surface area contributed by atoms with Gasteiger partial charge < -0.3 is 14.5 Å². The van der Waals surface area contributed by atoms with Gasteiger partial charge >= 0.3 is 5.97 Å². The highest BCUT2D eigenvalue weighted by Crippen LogP contribution is 2.23. The zero-order chi connectivity index (χ0) is 19.6. The Morgan fingerprint density at radius 2 is 2.07 bits per heavy atom. The Bertz CT molecular complexity index is 962. The maximum absolute atomic E-state index is 12.3. The molecule has 0 spiro atoms. The number of aromatic nitrogens is 3. The third kappa shape index (κ3) is 4.30. The third-order valence-corrected chi connectivity index (χ3v) is 4.82. The third-order valence-electron chi connectivity index (χ3n) is 4.02. The molecule has 0 saturated carbocycles. The maximum Gasteiger partial charge on any atom is 0.317 e. The van der Waals surface area contributed by atoms with Crippen molar-refractivity contribution in [3.8, 4) is 0 Å². The number of carbonyl (C=O) groups is 2. The largest absolute Gasteiger partial charge is 0.452 e. The maximum atomic E-state index is 12.3. The van der Waals surface area contributed by atoms with E-state index in [1.165, 1.54) is 6.92 Å². The van der Waals surface area contributed by atoms with E-state index < -0.39 is 18.0 Å². The van der Waals surface area contributed by atoms with Crippen LogP contribution in [0.4, 0.5) is 5.69 Å². The van der Waals surface area contributed by atoms with Crippen molar-refractivity contribution in [3.05, 3.63) is 35.7 Å². The van der Waals surface area contributed by atoms with Crippen LogP contribution in [0.25, 0.3) is 11.1 Å². The number of carbonyl (C=O) groups excluding carboxylic acids is 2. The Morgan fingerprint density at radius 3 is 2.74 bits per heavy atom. The summed E-state index contributed by atoms with van der Waals surface area (Å²) in [6.07, 6.45) is -0.930. The molecule has 1 amide bonds. The van der Waals surface area contributed by atoms with Crippen LogP contribution in [0.2, 0.25) is 0 Å². The fraction of sp³-hybridized carbons (Fsp3) is 0.333. The zero-order valence-corrected chi connectivity index (χ0v) is 16.3. The van der Waals surface area contributed by atoms with E-state index in [0.717, 1.165) is 23.0 Å². The molecule has 1 atom stereocenters. The molecule has 0 unspecified atom stereocenters. The summed E-state index contributed by atoms with van der Waals surface area (Å²) in [6.45, 7) is 5.18. The molecule has 0 aliphatic rings.